The molecule has 170 valence electrons. The minimum absolute atomic E-state index is 0.0457. The highest BCUT2D eigenvalue weighted by Gasteiger charge is 2.32. The second-order valence-electron chi connectivity index (χ2n) is 9.38. The van der Waals surface area contributed by atoms with E-state index in [4.69, 9.17) is 14.2 Å². The molecule has 0 spiro atoms. The van der Waals surface area contributed by atoms with E-state index in [1.807, 2.05) is 67.6 Å². The van der Waals surface area contributed by atoms with E-state index in [0.29, 0.717) is 31.8 Å². The predicted octanol–water partition coefficient (Wildman–Crippen LogP) is 5.85. The van der Waals surface area contributed by atoms with Crippen LogP contribution in [0.25, 0.3) is 0 Å². The van der Waals surface area contributed by atoms with Gasteiger partial charge in [0.1, 0.15) is 12.2 Å². The summed E-state index contributed by atoms with van der Waals surface area (Å²) in [5.74, 6) is 0.0457. The van der Waals surface area contributed by atoms with Gasteiger partial charge in [-0.05, 0) is 23.6 Å². The molecule has 3 rings (SSSR count). The van der Waals surface area contributed by atoms with Crippen LogP contribution >= 0.6 is 0 Å². The molecular weight excluding hydrogens is 416 g/mol. The fraction of sp³-hybridized carbons (Fsp3) is 0.370. The van der Waals surface area contributed by atoms with Crippen molar-refractivity contribution in [1.29, 1.82) is 0 Å². The second-order valence-corrected chi connectivity index (χ2v) is 14.4. The Morgan fingerprint density at radius 1 is 1.00 bits per heavy atom. The Labute approximate surface area is 192 Å². The van der Waals surface area contributed by atoms with Crippen molar-refractivity contribution in [2.45, 2.75) is 58.4 Å². The molecule has 0 aromatic heterocycles. The lowest BCUT2D eigenvalue weighted by molar-refractivity contribution is -0.117. The molecule has 0 radical (unpaired) electrons. The first kappa shape index (κ1) is 24.2. The minimum atomic E-state index is -1.49. The zero-order valence-corrected chi connectivity index (χ0v) is 20.5. The molecule has 0 fully saturated rings. The topological polar surface area (TPSA) is 44.8 Å². The summed E-state index contributed by atoms with van der Waals surface area (Å²) in [6.45, 7) is 9.95. The molecule has 1 aliphatic heterocycles. The largest absolute Gasteiger partial charge is 0.492 e. The molecule has 2 atom stereocenters. The van der Waals surface area contributed by atoms with Crippen LogP contribution in [0.5, 0.6) is 0 Å². The van der Waals surface area contributed by atoms with Crippen molar-refractivity contribution in [3.05, 3.63) is 94.9 Å². The minimum Gasteiger partial charge on any atom is -0.492 e. The number of hydrogen-bond acceptors (Lipinski definition) is 4. The molecule has 1 heterocycles. The van der Waals surface area contributed by atoms with Crippen LogP contribution in [-0.2, 0) is 32.2 Å². The lowest BCUT2D eigenvalue weighted by Crippen LogP contribution is -2.38. The van der Waals surface area contributed by atoms with Crippen molar-refractivity contribution >= 4 is 13.9 Å². The van der Waals surface area contributed by atoms with Crippen LogP contribution in [-0.4, -0.2) is 32.7 Å². The number of hydrogen-bond donors (Lipinski definition) is 0. The Hall–Kier alpha value is -2.47. The number of rotatable bonds is 10. The molecule has 0 saturated carbocycles. The SMILES string of the molecule is C/C(=C\[Si](C)(C)C)C(=O)C1=CO[C@H](COCc2ccccc2)[C@@H](OCc2ccccc2)C1. The number of carbonyl (C=O) groups excluding carboxylic acids is 1. The Kier molecular flexibility index (Phi) is 8.62. The van der Waals surface area contributed by atoms with E-state index < -0.39 is 8.07 Å². The van der Waals surface area contributed by atoms with E-state index in [-0.39, 0.29) is 18.0 Å². The lowest BCUT2D eigenvalue weighted by atomic mass is 9.96. The molecule has 5 heteroatoms. The van der Waals surface area contributed by atoms with Crippen molar-refractivity contribution in [3.8, 4) is 0 Å². The summed E-state index contributed by atoms with van der Waals surface area (Å²) in [5.41, 5.74) is 5.80. The third-order valence-corrected chi connectivity index (χ3v) is 6.52. The lowest BCUT2D eigenvalue weighted by Gasteiger charge is -2.31. The zero-order valence-electron chi connectivity index (χ0n) is 19.5. The van der Waals surface area contributed by atoms with Gasteiger partial charge in [-0.2, -0.15) is 0 Å². The predicted molar refractivity (Wildman–Crippen MR) is 131 cm³/mol. The standard InChI is InChI=1S/C27H34O4Si/c1-21(20-32(2,3)4)27(28)24-15-25(30-17-23-13-9-6-10-14-23)26(31-18-24)19-29-16-22-11-7-5-8-12-22/h5-14,18,20,25-26H,15-17,19H2,1-4H3/b21-20+/t25-,26+/m0/s1. The zero-order chi connectivity index (χ0) is 23.0. The average molecular weight is 451 g/mol. The van der Waals surface area contributed by atoms with Gasteiger partial charge in [0.25, 0.3) is 0 Å². The third-order valence-electron chi connectivity index (χ3n) is 5.22. The Morgan fingerprint density at radius 3 is 2.19 bits per heavy atom. The Bertz CT molecular complexity index is 929. The first-order chi connectivity index (χ1) is 15.3. The summed E-state index contributed by atoms with van der Waals surface area (Å²) < 4.78 is 18.1. The quantitative estimate of drug-likeness (QED) is 0.336. The van der Waals surface area contributed by atoms with Gasteiger partial charge in [0, 0.05) is 12.0 Å². The van der Waals surface area contributed by atoms with Crippen molar-refractivity contribution in [2.75, 3.05) is 6.61 Å². The second kappa shape index (κ2) is 11.4. The van der Waals surface area contributed by atoms with Crippen LogP contribution in [0, 0.1) is 0 Å². The van der Waals surface area contributed by atoms with E-state index in [2.05, 4.69) is 25.3 Å². The van der Waals surface area contributed by atoms with Crippen LogP contribution < -0.4 is 0 Å². The monoisotopic (exact) mass is 450 g/mol. The number of allylic oxidation sites excluding steroid dienone is 1. The van der Waals surface area contributed by atoms with Crippen LogP contribution in [0.4, 0.5) is 0 Å². The molecule has 0 N–H and O–H groups in total. The van der Waals surface area contributed by atoms with Gasteiger partial charge in [0.2, 0.25) is 0 Å². The van der Waals surface area contributed by atoms with E-state index >= 15 is 0 Å². The van der Waals surface area contributed by atoms with E-state index in [0.717, 1.165) is 16.7 Å². The van der Waals surface area contributed by atoms with Gasteiger partial charge in [0.05, 0.1) is 34.2 Å². The van der Waals surface area contributed by atoms with Gasteiger partial charge in [-0.1, -0.05) is 86.0 Å². The van der Waals surface area contributed by atoms with Gasteiger partial charge in [0.15, 0.2) is 5.78 Å². The maximum atomic E-state index is 13.0. The highest BCUT2D eigenvalue weighted by Crippen LogP contribution is 2.26. The summed E-state index contributed by atoms with van der Waals surface area (Å²) in [4.78, 5) is 13.0. The molecule has 2 aromatic rings. The Balaban J connectivity index is 1.67. The van der Waals surface area contributed by atoms with Crippen molar-refractivity contribution in [2.24, 2.45) is 0 Å². The summed E-state index contributed by atoms with van der Waals surface area (Å²) >= 11 is 0. The van der Waals surface area contributed by atoms with Gasteiger partial charge in [-0.3, -0.25) is 4.79 Å². The molecule has 2 aromatic carbocycles. The van der Waals surface area contributed by atoms with E-state index in [1.165, 1.54) is 0 Å². The number of benzene rings is 2. The molecule has 32 heavy (non-hydrogen) atoms. The molecule has 0 unspecified atom stereocenters. The molecule has 4 nitrogen and oxygen atoms in total. The number of carbonyl (C=O) groups is 1. The average Bonchev–Trinajstić information content (AvgIpc) is 2.78. The van der Waals surface area contributed by atoms with E-state index in [9.17, 15) is 4.79 Å². The van der Waals surface area contributed by atoms with Gasteiger partial charge in [-0.15, -0.1) is 0 Å². The number of ether oxygens (including phenoxy) is 3. The molecule has 0 bridgehead atoms. The summed E-state index contributed by atoms with van der Waals surface area (Å²) in [6.07, 6.45) is 1.61. The van der Waals surface area contributed by atoms with Crippen LogP contribution in [0.1, 0.15) is 24.5 Å². The summed E-state index contributed by atoms with van der Waals surface area (Å²) in [5, 5.41) is 0. The summed E-state index contributed by atoms with van der Waals surface area (Å²) in [6, 6.07) is 20.1. The first-order valence-corrected chi connectivity index (χ1v) is 14.8. The molecule has 0 aliphatic carbocycles. The van der Waals surface area contributed by atoms with Crippen molar-refractivity contribution in [3.63, 3.8) is 0 Å². The molecular formula is C27H34O4Si. The third kappa shape index (κ3) is 7.59. The maximum absolute atomic E-state index is 13.0. The smallest absolute Gasteiger partial charge is 0.187 e. The first-order valence-electron chi connectivity index (χ1n) is 11.2. The Morgan fingerprint density at radius 2 is 1.59 bits per heavy atom. The maximum Gasteiger partial charge on any atom is 0.187 e. The van der Waals surface area contributed by atoms with Crippen LogP contribution in [0.2, 0.25) is 19.6 Å². The van der Waals surface area contributed by atoms with Crippen molar-refractivity contribution < 1.29 is 19.0 Å². The fourth-order valence-corrected chi connectivity index (χ4v) is 5.16. The van der Waals surface area contributed by atoms with E-state index in [1.54, 1.807) is 6.26 Å². The highest BCUT2D eigenvalue weighted by molar-refractivity contribution is 6.81. The summed E-state index contributed by atoms with van der Waals surface area (Å²) in [7, 11) is -1.49. The van der Waals surface area contributed by atoms with Gasteiger partial charge >= 0.3 is 0 Å². The van der Waals surface area contributed by atoms with Gasteiger partial charge in [-0.25, -0.2) is 0 Å². The van der Waals surface area contributed by atoms with Crippen LogP contribution in [0.3, 0.4) is 0 Å². The number of Topliss-reactive ketones (excluding diaryl/α,β-unsaturated/α-hetero) is 1. The normalized spacial score (nSPS) is 19.2. The van der Waals surface area contributed by atoms with Crippen molar-refractivity contribution in [1.82, 2.24) is 0 Å². The molecule has 0 saturated heterocycles. The van der Waals surface area contributed by atoms with Crippen LogP contribution in [0.15, 0.2) is 83.8 Å². The number of ketones is 1. The fourth-order valence-electron chi connectivity index (χ4n) is 3.73. The van der Waals surface area contributed by atoms with Gasteiger partial charge < -0.3 is 14.2 Å². The molecule has 1 aliphatic rings. The molecule has 0 amide bonds. The highest BCUT2D eigenvalue weighted by atomic mass is 28.3.